The summed E-state index contributed by atoms with van der Waals surface area (Å²) in [5, 5.41) is 2.89. The van der Waals surface area contributed by atoms with E-state index in [1.807, 2.05) is 31.2 Å². The first-order valence-corrected chi connectivity index (χ1v) is 10.1. The lowest BCUT2D eigenvalue weighted by Crippen LogP contribution is -2.23. The maximum atomic E-state index is 12.7. The summed E-state index contributed by atoms with van der Waals surface area (Å²) < 4.78 is 11.4. The van der Waals surface area contributed by atoms with Crippen molar-refractivity contribution in [2.24, 2.45) is 5.92 Å². The molecule has 0 aromatic heterocycles. The topological polar surface area (TPSA) is 67.9 Å². The number of carbonyl (C=O) groups is 2. The van der Waals surface area contributed by atoms with Crippen LogP contribution in [0.3, 0.4) is 0 Å². The molecule has 0 radical (unpaired) electrons. The molecular formula is C23H28N2O4. The van der Waals surface area contributed by atoms with E-state index in [1.54, 1.807) is 23.1 Å². The number of nitrogens with one attached hydrogen (secondary N) is 1. The van der Waals surface area contributed by atoms with Crippen LogP contribution in [0.15, 0.2) is 42.5 Å². The Morgan fingerprint density at radius 2 is 1.86 bits per heavy atom. The van der Waals surface area contributed by atoms with Gasteiger partial charge in [-0.15, -0.1) is 0 Å². The number of benzene rings is 2. The van der Waals surface area contributed by atoms with E-state index in [0.29, 0.717) is 48.3 Å². The van der Waals surface area contributed by atoms with Crippen LogP contribution < -0.4 is 19.7 Å². The van der Waals surface area contributed by atoms with Gasteiger partial charge in [0.05, 0.1) is 13.2 Å². The van der Waals surface area contributed by atoms with Crippen molar-refractivity contribution < 1.29 is 19.1 Å². The summed E-state index contributed by atoms with van der Waals surface area (Å²) in [6, 6.07) is 12.5. The molecule has 154 valence electrons. The molecule has 1 saturated heterocycles. The molecule has 6 heteroatoms. The fraction of sp³-hybridized carbons (Fsp3) is 0.391. The summed E-state index contributed by atoms with van der Waals surface area (Å²) in [5.41, 5.74) is 2.02. The molecule has 0 atom stereocenters. The van der Waals surface area contributed by atoms with Crippen molar-refractivity contribution in [1.82, 2.24) is 0 Å². The highest BCUT2D eigenvalue weighted by atomic mass is 16.5. The Morgan fingerprint density at radius 3 is 2.48 bits per heavy atom. The van der Waals surface area contributed by atoms with Gasteiger partial charge in [0.2, 0.25) is 5.91 Å². The minimum Gasteiger partial charge on any atom is -0.490 e. The molecule has 0 aliphatic carbocycles. The molecule has 2 amide bonds. The van der Waals surface area contributed by atoms with Gasteiger partial charge in [0.15, 0.2) is 11.5 Å². The third-order valence-corrected chi connectivity index (χ3v) is 4.59. The third kappa shape index (κ3) is 5.28. The van der Waals surface area contributed by atoms with Gasteiger partial charge in [0, 0.05) is 29.9 Å². The molecule has 6 nitrogen and oxygen atoms in total. The number of nitrogens with zero attached hydrogens (tertiary/aromatic N) is 1. The highest BCUT2D eigenvalue weighted by molar-refractivity contribution is 6.05. The molecule has 2 aromatic carbocycles. The Balaban J connectivity index is 1.69. The van der Waals surface area contributed by atoms with E-state index in [1.165, 1.54) is 0 Å². The molecule has 1 N–H and O–H groups in total. The van der Waals surface area contributed by atoms with Crippen LogP contribution in [0, 0.1) is 5.92 Å². The van der Waals surface area contributed by atoms with E-state index in [0.717, 1.165) is 18.7 Å². The Bertz CT molecular complexity index is 862. The normalized spacial score (nSPS) is 13.7. The number of ether oxygens (including phenoxy) is 2. The Hall–Kier alpha value is -3.02. The summed E-state index contributed by atoms with van der Waals surface area (Å²) in [5.74, 6) is 1.50. The van der Waals surface area contributed by atoms with Crippen molar-refractivity contribution in [3.8, 4) is 11.5 Å². The minimum atomic E-state index is -0.230. The van der Waals surface area contributed by atoms with Gasteiger partial charge in [-0.3, -0.25) is 9.59 Å². The first-order valence-electron chi connectivity index (χ1n) is 10.1. The lowest BCUT2D eigenvalue weighted by molar-refractivity contribution is -0.117. The summed E-state index contributed by atoms with van der Waals surface area (Å²) in [6.07, 6.45) is 1.48. The lowest BCUT2D eigenvalue weighted by Gasteiger charge is -2.16. The Kier molecular flexibility index (Phi) is 6.75. The SMILES string of the molecule is CCOc1cc(C(=O)Nc2ccc(N3CCCC3=O)cc2)ccc1OCC(C)C. The number of hydrogen-bond acceptors (Lipinski definition) is 4. The third-order valence-electron chi connectivity index (χ3n) is 4.59. The van der Waals surface area contributed by atoms with Crippen LogP contribution in [-0.2, 0) is 4.79 Å². The first-order chi connectivity index (χ1) is 14.0. The Labute approximate surface area is 171 Å². The molecule has 1 aliphatic rings. The van der Waals surface area contributed by atoms with Gasteiger partial charge in [0.1, 0.15) is 0 Å². The van der Waals surface area contributed by atoms with Gasteiger partial charge in [-0.05, 0) is 61.7 Å². The van der Waals surface area contributed by atoms with Crippen LogP contribution in [0.4, 0.5) is 11.4 Å². The lowest BCUT2D eigenvalue weighted by atomic mass is 10.1. The number of hydrogen-bond donors (Lipinski definition) is 1. The molecule has 0 bridgehead atoms. The largest absolute Gasteiger partial charge is 0.490 e. The van der Waals surface area contributed by atoms with Gasteiger partial charge in [-0.1, -0.05) is 13.8 Å². The molecule has 2 aromatic rings. The van der Waals surface area contributed by atoms with Gasteiger partial charge in [-0.25, -0.2) is 0 Å². The van der Waals surface area contributed by atoms with E-state index in [4.69, 9.17) is 9.47 Å². The molecule has 0 spiro atoms. The van der Waals surface area contributed by atoms with Gasteiger partial charge in [-0.2, -0.15) is 0 Å². The van der Waals surface area contributed by atoms with Crippen molar-refractivity contribution in [1.29, 1.82) is 0 Å². The molecule has 0 unspecified atom stereocenters. The summed E-state index contributed by atoms with van der Waals surface area (Å²) in [6.45, 7) is 7.86. The number of anilines is 2. The second-order valence-electron chi connectivity index (χ2n) is 7.45. The smallest absolute Gasteiger partial charge is 0.255 e. The van der Waals surface area contributed by atoms with Crippen LogP contribution in [0.2, 0.25) is 0 Å². The van der Waals surface area contributed by atoms with Crippen LogP contribution in [0.1, 0.15) is 44.0 Å². The molecule has 1 heterocycles. The van der Waals surface area contributed by atoms with Gasteiger partial charge < -0.3 is 19.7 Å². The van der Waals surface area contributed by atoms with E-state index in [2.05, 4.69) is 19.2 Å². The monoisotopic (exact) mass is 396 g/mol. The molecule has 0 saturated carbocycles. The van der Waals surface area contributed by atoms with Crippen molar-refractivity contribution in [3.63, 3.8) is 0 Å². The van der Waals surface area contributed by atoms with Crippen molar-refractivity contribution >= 4 is 23.2 Å². The van der Waals surface area contributed by atoms with Gasteiger partial charge in [0.25, 0.3) is 5.91 Å². The number of rotatable bonds is 8. The fourth-order valence-corrected chi connectivity index (χ4v) is 3.14. The Morgan fingerprint density at radius 1 is 1.10 bits per heavy atom. The van der Waals surface area contributed by atoms with E-state index < -0.39 is 0 Å². The number of amides is 2. The zero-order chi connectivity index (χ0) is 20.8. The number of carbonyl (C=O) groups excluding carboxylic acids is 2. The van der Waals surface area contributed by atoms with E-state index in [9.17, 15) is 9.59 Å². The summed E-state index contributed by atoms with van der Waals surface area (Å²) in [7, 11) is 0. The van der Waals surface area contributed by atoms with Crippen molar-refractivity contribution in [2.45, 2.75) is 33.6 Å². The second kappa shape index (κ2) is 9.45. The quantitative estimate of drug-likeness (QED) is 0.713. The molecular weight excluding hydrogens is 368 g/mol. The van der Waals surface area contributed by atoms with Crippen LogP contribution in [0.5, 0.6) is 11.5 Å². The fourth-order valence-electron chi connectivity index (χ4n) is 3.14. The zero-order valence-electron chi connectivity index (χ0n) is 17.2. The average Bonchev–Trinajstić information content (AvgIpc) is 3.13. The zero-order valence-corrected chi connectivity index (χ0v) is 17.2. The second-order valence-corrected chi connectivity index (χ2v) is 7.45. The minimum absolute atomic E-state index is 0.144. The van der Waals surface area contributed by atoms with Crippen LogP contribution in [0.25, 0.3) is 0 Å². The predicted octanol–water partition coefficient (Wildman–Crippen LogP) is 4.50. The maximum Gasteiger partial charge on any atom is 0.255 e. The maximum absolute atomic E-state index is 12.7. The van der Waals surface area contributed by atoms with Crippen molar-refractivity contribution in [3.05, 3.63) is 48.0 Å². The molecule has 3 rings (SSSR count). The predicted molar refractivity (Wildman–Crippen MR) is 114 cm³/mol. The van der Waals surface area contributed by atoms with E-state index >= 15 is 0 Å². The van der Waals surface area contributed by atoms with Gasteiger partial charge >= 0.3 is 0 Å². The summed E-state index contributed by atoms with van der Waals surface area (Å²) in [4.78, 5) is 26.3. The highest BCUT2D eigenvalue weighted by Crippen LogP contribution is 2.29. The first kappa shape index (κ1) is 20.7. The van der Waals surface area contributed by atoms with Crippen molar-refractivity contribution in [2.75, 3.05) is 30.0 Å². The van der Waals surface area contributed by atoms with E-state index in [-0.39, 0.29) is 11.8 Å². The molecule has 1 fully saturated rings. The summed E-state index contributed by atoms with van der Waals surface area (Å²) >= 11 is 0. The highest BCUT2D eigenvalue weighted by Gasteiger charge is 2.21. The standard InChI is InChI=1S/C23H28N2O4/c1-4-28-21-14-17(7-12-20(21)29-15-16(2)3)23(27)24-18-8-10-19(11-9-18)25-13-5-6-22(25)26/h7-12,14,16H,4-6,13,15H2,1-3H3,(H,24,27). The van der Waals surface area contributed by atoms with Crippen LogP contribution in [-0.4, -0.2) is 31.6 Å². The average molecular weight is 396 g/mol. The molecule has 29 heavy (non-hydrogen) atoms. The molecule has 1 aliphatic heterocycles. The van der Waals surface area contributed by atoms with Crippen LogP contribution >= 0.6 is 0 Å².